The topological polar surface area (TPSA) is 21.3 Å². The summed E-state index contributed by atoms with van der Waals surface area (Å²) in [5.74, 6) is 0.597. The first-order chi connectivity index (χ1) is 5.45. The van der Waals surface area contributed by atoms with Crippen molar-refractivity contribution in [3.05, 3.63) is 0 Å². The largest absolute Gasteiger partial charge is 0.377 e. The lowest BCUT2D eigenvalue weighted by atomic mass is 9.89. The minimum absolute atomic E-state index is 0.0792. The van der Waals surface area contributed by atoms with E-state index in [2.05, 4.69) is 39.9 Å². The van der Waals surface area contributed by atoms with Gasteiger partial charge < -0.3 is 10.1 Å². The van der Waals surface area contributed by atoms with E-state index in [4.69, 9.17) is 4.74 Å². The fraction of sp³-hybridized carbons (Fsp3) is 1.00. The third kappa shape index (κ3) is 3.11. The maximum absolute atomic E-state index is 5.45. The van der Waals surface area contributed by atoms with Crippen LogP contribution in [-0.2, 0) is 4.74 Å². The lowest BCUT2D eigenvalue weighted by molar-refractivity contribution is -0.0228. The molecule has 0 aromatic rings. The average Bonchev–Trinajstić information content (AvgIpc) is 1.99. The van der Waals surface area contributed by atoms with Crippen LogP contribution in [0.3, 0.4) is 0 Å². The molecule has 0 aliphatic rings. The van der Waals surface area contributed by atoms with Crippen molar-refractivity contribution in [3.8, 4) is 0 Å². The number of methoxy groups -OCH3 is 1. The Hall–Kier alpha value is -0.0800. The van der Waals surface area contributed by atoms with Gasteiger partial charge in [-0.15, -0.1) is 0 Å². The van der Waals surface area contributed by atoms with Crippen LogP contribution in [0, 0.1) is 5.92 Å². The second-order valence-electron chi connectivity index (χ2n) is 4.09. The molecule has 1 unspecified atom stereocenters. The minimum atomic E-state index is -0.0792. The SMILES string of the molecule is CCNC(C(C)C)C(C)(C)OC. The molecule has 1 N–H and O–H groups in total. The van der Waals surface area contributed by atoms with Gasteiger partial charge in [0.2, 0.25) is 0 Å². The molecule has 2 nitrogen and oxygen atoms in total. The first-order valence-corrected chi connectivity index (χ1v) is 4.74. The fourth-order valence-corrected chi connectivity index (χ4v) is 1.63. The van der Waals surface area contributed by atoms with Crippen molar-refractivity contribution in [2.45, 2.75) is 46.3 Å². The Morgan fingerprint density at radius 1 is 1.33 bits per heavy atom. The molecule has 0 saturated heterocycles. The summed E-state index contributed by atoms with van der Waals surface area (Å²) in [6.07, 6.45) is 0. The number of likely N-dealkylation sites (N-methyl/N-ethyl adjacent to an activating group) is 1. The first-order valence-electron chi connectivity index (χ1n) is 4.74. The van der Waals surface area contributed by atoms with Gasteiger partial charge in [0.25, 0.3) is 0 Å². The number of hydrogen-bond acceptors (Lipinski definition) is 2. The quantitative estimate of drug-likeness (QED) is 0.687. The lowest BCUT2D eigenvalue weighted by Gasteiger charge is -2.36. The second-order valence-corrected chi connectivity index (χ2v) is 4.09. The summed E-state index contributed by atoms with van der Waals surface area (Å²) in [6, 6.07) is 0.424. The Morgan fingerprint density at radius 3 is 2.08 bits per heavy atom. The zero-order valence-electron chi connectivity index (χ0n) is 9.27. The van der Waals surface area contributed by atoms with Crippen LogP contribution in [0.5, 0.6) is 0 Å². The minimum Gasteiger partial charge on any atom is -0.377 e. The summed E-state index contributed by atoms with van der Waals surface area (Å²) < 4.78 is 5.45. The molecule has 0 aromatic heterocycles. The van der Waals surface area contributed by atoms with E-state index in [1.807, 2.05) is 0 Å². The highest BCUT2D eigenvalue weighted by Gasteiger charge is 2.30. The van der Waals surface area contributed by atoms with E-state index in [0.717, 1.165) is 6.54 Å². The van der Waals surface area contributed by atoms with E-state index in [0.29, 0.717) is 12.0 Å². The standard InChI is InChI=1S/C10H23NO/c1-7-11-9(8(2)3)10(4,5)12-6/h8-9,11H,7H2,1-6H3. The summed E-state index contributed by atoms with van der Waals surface area (Å²) in [4.78, 5) is 0. The molecule has 0 radical (unpaired) electrons. The van der Waals surface area contributed by atoms with Crippen LogP contribution in [0.1, 0.15) is 34.6 Å². The van der Waals surface area contributed by atoms with Crippen LogP contribution >= 0.6 is 0 Å². The van der Waals surface area contributed by atoms with Crippen LogP contribution in [-0.4, -0.2) is 25.3 Å². The summed E-state index contributed by atoms with van der Waals surface area (Å²) in [5.41, 5.74) is -0.0792. The highest BCUT2D eigenvalue weighted by atomic mass is 16.5. The molecule has 0 aromatic carbocycles. The molecule has 0 saturated carbocycles. The predicted molar refractivity (Wildman–Crippen MR) is 53.4 cm³/mol. The maximum Gasteiger partial charge on any atom is 0.0777 e. The molecule has 0 fully saturated rings. The smallest absolute Gasteiger partial charge is 0.0777 e. The zero-order chi connectivity index (χ0) is 9.78. The molecule has 74 valence electrons. The van der Waals surface area contributed by atoms with Gasteiger partial charge in [-0.2, -0.15) is 0 Å². The molecule has 0 rings (SSSR count). The third-order valence-corrected chi connectivity index (χ3v) is 2.37. The fourth-order valence-electron chi connectivity index (χ4n) is 1.63. The molecule has 0 aliphatic heterocycles. The molecule has 0 aliphatic carbocycles. The van der Waals surface area contributed by atoms with Crippen molar-refractivity contribution in [2.24, 2.45) is 5.92 Å². The van der Waals surface area contributed by atoms with E-state index in [9.17, 15) is 0 Å². The number of ether oxygens (including phenoxy) is 1. The molecule has 0 spiro atoms. The molecule has 0 amide bonds. The Labute approximate surface area is 76.7 Å². The van der Waals surface area contributed by atoms with E-state index < -0.39 is 0 Å². The monoisotopic (exact) mass is 173 g/mol. The van der Waals surface area contributed by atoms with E-state index in [-0.39, 0.29) is 5.60 Å². The molecule has 0 heterocycles. The van der Waals surface area contributed by atoms with Crippen molar-refractivity contribution < 1.29 is 4.74 Å². The maximum atomic E-state index is 5.45. The van der Waals surface area contributed by atoms with Gasteiger partial charge in [0.1, 0.15) is 0 Å². The molecule has 2 heteroatoms. The Morgan fingerprint density at radius 2 is 1.83 bits per heavy atom. The highest BCUT2D eigenvalue weighted by Crippen LogP contribution is 2.19. The van der Waals surface area contributed by atoms with Gasteiger partial charge in [-0.1, -0.05) is 20.8 Å². The van der Waals surface area contributed by atoms with Gasteiger partial charge in [0, 0.05) is 13.2 Å². The predicted octanol–water partition coefficient (Wildman–Crippen LogP) is 2.05. The van der Waals surface area contributed by atoms with Crippen LogP contribution < -0.4 is 5.32 Å². The van der Waals surface area contributed by atoms with Gasteiger partial charge in [-0.25, -0.2) is 0 Å². The normalized spacial score (nSPS) is 15.2. The van der Waals surface area contributed by atoms with Gasteiger partial charge >= 0.3 is 0 Å². The van der Waals surface area contributed by atoms with Gasteiger partial charge in [0.05, 0.1) is 5.60 Å². The molecular formula is C10H23NO. The third-order valence-electron chi connectivity index (χ3n) is 2.37. The number of nitrogens with one attached hydrogen (secondary N) is 1. The van der Waals surface area contributed by atoms with Crippen molar-refractivity contribution in [1.29, 1.82) is 0 Å². The Kier molecular flexibility index (Phi) is 4.80. The van der Waals surface area contributed by atoms with Gasteiger partial charge in [-0.3, -0.25) is 0 Å². The van der Waals surface area contributed by atoms with Gasteiger partial charge in [0.15, 0.2) is 0 Å². The number of rotatable bonds is 5. The molecule has 0 bridgehead atoms. The van der Waals surface area contributed by atoms with Crippen molar-refractivity contribution >= 4 is 0 Å². The Bertz CT molecular complexity index is 121. The lowest BCUT2D eigenvalue weighted by Crippen LogP contribution is -2.51. The van der Waals surface area contributed by atoms with E-state index in [1.54, 1.807) is 7.11 Å². The van der Waals surface area contributed by atoms with Crippen LogP contribution in [0.25, 0.3) is 0 Å². The average molecular weight is 173 g/mol. The first kappa shape index (κ1) is 11.9. The molecule has 1 atom stereocenters. The highest BCUT2D eigenvalue weighted by molar-refractivity contribution is 4.87. The molecule has 12 heavy (non-hydrogen) atoms. The summed E-state index contributed by atoms with van der Waals surface area (Å²) in [5, 5.41) is 3.45. The summed E-state index contributed by atoms with van der Waals surface area (Å²) in [6.45, 7) is 11.8. The van der Waals surface area contributed by atoms with Crippen molar-refractivity contribution in [1.82, 2.24) is 5.32 Å². The van der Waals surface area contributed by atoms with Crippen molar-refractivity contribution in [2.75, 3.05) is 13.7 Å². The second kappa shape index (κ2) is 4.83. The van der Waals surface area contributed by atoms with Gasteiger partial charge in [-0.05, 0) is 26.3 Å². The summed E-state index contributed by atoms with van der Waals surface area (Å²) in [7, 11) is 1.77. The van der Waals surface area contributed by atoms with E-state index >= 15 is 0 Å². The van der Waals surface area contributed by atoms with Crippen LogP contribution in [0.4, 0.5) is 0 Å². The van der Waals surface area contributed by atoms with Crippen LogP contribution in [0.15, 0.2) is 0 Å². The van der Waals surface area contributed by atoms with Crippen LogP contribution in [0.2, 0.25) is 0 Å². The Balaban J connectivity index is 4.27. The summed E-state index contributed by atoms with van der Waals surface area (Å²) >= 11 is 0. The van der Waals surface area contributed by atoms with E-state index in [1.165, 1.54) is 0 Å². The van der Waals surface area contributed by atoms with Crippen molar-refractivity contribution in [3.63, 3.8) is 0 Å². The zero-order valence-corrected chi connectivity index (χ0v) is 9.27. The molecular weight excluding hydrogens is 150 g/mol. The number of hydrogen-bond donors (Lipinski definition) is 1.